The largest absolute Gasteiger partial charge is 0.478 e. The van der Waals surface area contributed by atoms with Crippen molar-refractivity contribution in [3.63, 3.8) is 0 Å². The summed E-state index contributed by atoms with van der Waals surface area (Å²) in [6.07, 6.45) is 10.4. The summed E-state index contributed by atoms with van der Waals surface area (Å²) in [5.74, 6) is -0.895. The van der Waals surface area contributed by atoms with E-state index in [0.29, 0.717) is 5.56 Å². The van der Waals surface area contributed by atoms with Crippen LogP contribution in [0.5, 0.6) is 0 Å². The molecule has 0 saturated carbocycles. The molecule has 0 unspecified atom stereocenters. The number of benzene rings is 2. The molecular formula is C33H34N2O2. The number of nitrogens with zero attached hydrogens (tertiary/aromatic N) is 2. The molecule has 4 heteroatoms. The first-order valence-electron chi connectivity index (χ1n) is 13.3. The zero-order chi connectivity index (χ0) is 25.9. The number of hydrogen-bond donors (Lipinski definition) is 1. The van der Waals surface area contributed by atoms with E-state index >= 15 is 0 Å². The number of aromatic nitrogens is 2. The van der Waals surface area contributed by atoms with Crippen molar-refractivity contribution >= 4 is 5.97 Å². The third-order valence-electron chi connectivity index (χ3n) is 8.70. The summed E-state index contributed by atoms with van der Waals surface area (Å²) in [6, 6.07) is 16.5. The summed E-state index contributed by atoms with van der Waals surface area (Å²) in [5.41, 5.74) is 12.6. The molecule has 4 nitrogen and oxygen atoms in total. The fraction of sp³-hybridized carbons (Fsp3) is 0.333. The molecule has 2 aromatic carbocycles. The van der Waals surface area contributed by atoms with E-state index in [9.17, 15) is 9.90 Å². The lowest BCUT2D eigenvalue weighted by Gasteiger charge is -2.43. The van der Waals surface area contributed by atoms with Crippen molar-refractivity contribution in [3.05, 3.63) is 101 Å². The number of hydrogen-bond acceptors (Lipinski definition) is 2. The maximum Gasteiger partial charge on any atom is 0.335 e. The van der Waals surface area contributed by atoms with Gasteiger partial charge in [-0.2, -0.15) is 0 Å². The van der Waals surface area contributed by atoms with Crippen LogP contribution in [0, 0.1) is 0 Å². The van der Waals surface area contributed by atoms with E-state index in [2.05, 4.69) is 67.7 Å². The van der Waals surface area contributed by atoms with E-state index < -0.39 is 5.97 Å². The molecule has 37 heavy (non-hydrogen) atoms. The topological polar surface area (TPSA) is 55.1 Å². The molecule has 0 spiro atoms. The lowest BCUT2D eigenvalue weighted by atomic mass is 9.62. The molecule has 0 saturated heterocycles. The van der Waals surface area contributed by atoms with Gasteiger partial charge in [-0.05, 0) is 100 Å². The van der Waals surface area contributed by atoms with Gasteiger partial charge >= 0.3 is 5.97 Å². The van der Waals surface area contributed by atoms with Gasteiger partial charge in [0.05, 0.1) is 11.3 Å². The van der Waals surface area contributed by atoms with Gasteiger partial charge in [0.15, 0.2) is 0 Å². The molecule has 2 aliphatic carbocycles. The molecule has 2 aliphatic rings. The Morgan fingerprint density at radius 1 is 0.892 bits per heavy atom. The third-order valence-corrected chi connectivity index (χ3v) is 8.70. The lowest BCUT2D eigenvalue weighted by Crippen LogP contribution is -2.34. The first-order valence-corrected chi connectivity index (χ1v) is 13.3. The Balaban J connectivity index is 1.56. The summed E-state index contributed by atoms with van der Waals surface area (Å²) in [4.78, 5) is 15.6. The number of fused-ring (bicyclic) bond motifs is 4. The van der Waals surface area contributed by atoms with Gasteiger partial charge in [-0.1, -0.05) is 45.9 Å². The molecule has 1 N–H and O–H groups in total. The van der Waals surface area contributed by atoms with E-state index in [1.54, 1.807) is 12.1 Å². The highest BCUT2D eigenvalue weighted by atomic mass is 16.4. The van der Waals surface area contributed by atoms with Gasteiger partial charge in [0, 0.05) is 36.3 Å². The summed E-state index contributed by atoms with van der Waals surface area (Å²) in [7, 11) is 0. The van der Waals surface area contributed by atoms with Gasteiger partial charge in [-0.3, -0.25) is 4.98 Å². The zero-order valence-corrected chi connectivity index (χ0v) is 22.1. The van der Waals surface area contributed by atoms with Crippen LogP contribution in [0.25, 0.3) is 22.4 Å². The second kappa shape index (κ2) is 8.44. The number of carboxylic acid groups (broad SMARTS) is 1. The van der Waals surface area contributed by atoms with Crippen LogP contribution in [0.4, 0.5) is 0 Å². The highest BCUT2D eigenvalue weighted by molar-refractivity contribution is 5.89. The van der Waals surface area contributed by atoms with Gasteiger partial charge < -0.3 is 9.67 Å². The number of rotatable bonds is 4. The van der Waals surface area contributed by atoms with E-state index in [-0.39, 0.29) is 10.8 Å². The van der Waals surface area contributed by atoms with Crippen LogP contribution < -0.4 is 0 Å². The lowest BCUT2D eigenvalue weighted by molar-refractivity contribution is 0.0697. The second-order valence-corrected chi connectivity index (χ2v) is 12.1. The van der Waals surface area contributed by atoms with Crippen LogP contribution in [0.15, 0.2) is 67.1 Å². The van der Waals surface area contributed by atoms with Crippen LogP contribution in [0.3, 0.4) is 0 Å². The maximum absolute atomic E-state index is 11.4. The third kappa shape index (κ3) is 3.99. The zero-order valence-electron chi connectivity index (χ0n) is 22.1. The van der Waals surface area contributed by atoms with E-state index in [1.807, 2.05) is 24.5 Å². The van der Waals surface area contributed by atoms with Crippen LogP contribution >= 0.6 is 0 Å². The maximum atomic E-state index is 11.4. The Kier molecular flexibility index (Phi) is 5.41. The summed E-state index contributed by atoms with van der Waals surface area (Å²) in [5, 5.41) is 9.38. The SMILES string of the molecule is CC1(C)CCC(C)(C)c2cc3c(cc21)CCc1c(-c2ccc(C(=O)O)cc2)cn(Cc2ccncc2)c1-3. The summed E-state index contributed by atoms with van der Waals surface area (Å²) in [6.45, 7) is 10.3. The first-order chi connectivity index (χ1) is 17.6. The fourth-order valence-electron chi connectivity index (χ4n) is 6.37. The van der Waals surface area contributed by atoms with Crippen molar-refractivity contribution < 1.29 is 9.90 Å². The Bertz CT molecular complexity index is 1510. The molecule has 4 aromatic rings. The highest BCUT2D eigenvalue weighted by Gasteiger charge is 2.38. The van der Waals surface area contributed by atoms with E-state index in [1.165, 1.54) is 57.5 Å². The Morgan fingerprint density at radius 3 is 2.19 bits per heavy atom. The van der Waals surface area contributed by atoms with Gasteiger partial charge in [-0.25, -0.2) is 4.79 Å². The number of aryl methyl sites for hydroxylation is 1. The molecule has 0 atom stereocenters. The Hall–Kier alpha value is -3.66. The number of carbonyl (C=O) groups is 1. The molecule has 188 valence electrons. The molecule has 2 aromatic heterocycles. The van der Waals surface area contributed by atoms with Crippen molar-refractivity contribution in [2.45, 2.75) is 70.8 Å². The molecule has 0 fully saturated rings. The van der Waals surface area contributed by atoms with Crippen LogP contribution in [0.2, 0.25) is 0 Å². The monoisotopic (exact) mass is 490 g/mol. The van der Waals surface area contributed by atoms with Gasteiger partial charge in [0.1, 0.15) is 0 Å². The molecular weight excluding hydrogens is 456 g/mol. The molecule has 2 heterocycles. The molecule has 0 bridgehead atoms. The molecule has 0 amide bonds. The Labute approximate surface area is 219 Å². The standard InChI is InChI=1S/C33H34N2O2/c1-32(2)13-14-33(3,4)29-18-26-24(17-28(29)32)9-10-25-27(22-5-7-23(8-6-22)31(36)37)20-35(30(25)26)19-21-11-15-34-16-12-21/h5-8,11-12,15-18,20H,9-10,13-14,19H2,1-4H3,(H,36,37). The second-order valence-electron chi connectivity index (χ2n) is 12.1. The minimum Gasteiger partial charge on any atom is -0.478 e. The number of aromatic carboxylic acids is 1. The van der Waals surface area contributed by atoms with Crippen LogP contribution in [-0.2, 0) is 30.2 Å². The van der Waals surface area contributed by atoms with Gasteiger partial charge in [-0.15, -0.1) is 0 Å². The normalized spacial score (nSPS) is 17.0. The number of pyridine rings is 1. The van der Waals surface area contributed by atoms with Crippen molar-refractivity contribution in [1.29, 1.82) is 0 Å². The van der Waals surface area contributed by atoms with Gasteiger partial charge in [0.25, 0.3) is 0 Å². The van der Waals surface area contributed by atoms with E-state index in [0.717, 1.165) is 24.9 Å². The summed E-state index contributed by atoms with van der Waals surface area (Å²) < 4.78 is 2.40. The average molecular weight is 491 g/mol. The predicted octanol–water partition coefficient (Wildman–Crippen LogP) is 7.41. The van der Waals surface area contributed by atoms with Crippen molar-refractivity contribution in [2.24, 2.45) is 0 Å². The summed E-state index contributed by atoms with van der Waals surface area (Å²) >= 11 is 0. The quantitative estimate of drug-likeness (QED) is 0.324. The van der Waals surface area contributed by atoms with Crippen LogP contribution in [0.1, 0.15) is 78.7 Å². The van der Waals surface area contributed by atoms with Gasteiger partial charge in [0.2, 0.25) is 0 Å². The minimum absolute atomic E-state index is 0.148. The van der Waals surface area contributed by atoms with Crippen molar-refractivity contribution in [2.75, 3.05) is 0 Å². The molecule has 0 aliphatic heterocycles. The smallest absolute Gasteiger partial charge is 0.335 e. The first kappa shape index (κ1) is 23.7. The average Bonchev–Trinajstić information content (AvgIpc) is 3.25. The minimum atomic E-state index is -0.895. The predicted molar refractivity (Wildman–Crippen MR) is 148 cm³/mol. The molecule has 6 rings (SSSR count). The highest BCUT2D eigenvalue weighted by Crippen LogP contribution is 2.50. The molecule has 0 radical (unpaired) electrons. The number of carboxylic acids is 1. The van der Waals surface area contributed by atoms with Crippen molar-refractivity contribution in [3.8, 4) is 22.4 Å². The van der Waals surface area contributed by atoms with Crippen LogP contribution in [-0.4, -0.2) is 20.6 Å². The van der Waals surface area contributed by atoms with E-state index in [4.69, 9.17) is 0 Å². The fourth-order valence-corrected chi connectivity index (χ4v) is 6.37. The Morgan fingerprint density at radius 2 is 1.54 bits per heavy atom. The van der Waals surface area contributed by atoms with Crippen molar-refractivity contribution in [1.82, 2.24) is 9.55 Å².